The molecule has 15 heteroatoms. The summed E-state index contributed by atoms with van der Waals surface area (Å²) in [5, 5.41) is 17.3. The minimum Gasteiger partial charge on any atom is -0.391 e. The van der Waals surface area contributed by atoms with Crippen LogP contribution < -0.4 is 20.1 Å². The smallest absolute Gasteiger partial charge is 0.279 e. The first-order valence-electron chi connectivity index (χ1n) is 18.4. The average molecular weight is 819 g/mol. The summed E-state index contributed by atoms with van der Waals surface area (Å²) >= 11 is 0. The largest absolute Gasteiger partial charge is 0.391 e. The van der Waals surface area contributed by atoms with E-state index in [2.05, 4.69) is 30.0 Å². The van der Waals surface area contributed by atoms with Gasteiger partial charge in [0.25, 0.3) is 31.9 Å². The molecule has 0 saturated carbocycles. The Morgan fingerprint density at radius 1 is 0.517 bits per heavy atom. The third kappa shape index (κ3) is 11.1. The van der Waals surface area contributed by atoms with Crippen molar-refractivity contribution in [2.45, 2.75) is 53.9 Å². The SMILES string of the molecule is O=C(N[C@H](CC[C@H](O)[C@H](Cc1ccccc1)NC(=O)c1ccccc1NS(=O)(=O)c1ccccn1)Cc1ccccc1)c1ccccc1NS(=O)(=O)c1ccccn1. The summed E-state index contributed by atoms with van der Waals surface area (Å²) in [4.78, 5) is 35.7. The lowest BCUT2D eigenvalue weighted by molar-refractivity contribution is 0.0796. The Kier molecular flexibility index (Phi) is 13.6. The fourth-order valence-electron chi connectivity index (χ4n) is 6.30. The van der Waals surface area contributed by atoms with Gasteiger partial charge in [-0.15, -0.1) is 0 Å². The van der Waals surface area contributed by atoms with Crippen molar-refractivity contribution < 1.29 is 31.5 Å². The summed E-state index contributed by atoms with van der Waals surface area (Å²) in [6, 6.07) is 38.8. The van der Waals surface area contributed by atoms with E-state index in [0.717, 1.165) is 11.1 Å². The Balaban J connectivity index is 1.21. The molecular formula is C43H42N6O7S2. The molecule has 0 unspecified atom stereocenters. The Morgan fingerprint density at radius 2 is 0.948 bits per heavy atom. The zero-order valence-electron chi connectivity index (χ0n) is 31.2. The third-order valence-corrected chi connectivity index (χ3v) is 11.8. The van der Waals surface area contributed by atoms with Crippen LogP contribution in [0.4, 0.5) is 11.4 Å². The van der Waals surface area contributed by atoms with E-state index < -0.39 is 50.0 Å². The second-order valence-electron chi connectivity index (χ2n) is 13.4. The molecule has 6 aromatic rings. The van der Waals surface area contributed by atoms with E-state index in [1.54, 1.807) is 48.5 Å². The predicted molar refractivity (Wildman–Crippen MR) is 221 cm³/mol. The van der Waals surface area contributed by atoms with Crippen molar-refractivity contribution in [3.05, 3.63) is 180 Å². The van der Waals surface area contributed by atoms with Crippen molar-refractivity contribution >= 4 is 43.2 Å². The Hall–Kier alpha value is -6.42. The molecule has 58 heavy (non-hydrogen) atoms. The Bertz CT molecular complexity index is 2520. The van der Waals surface area contributed by atoms with Crippen molar-refractivity contribution in [1.29, 1.82) is 0 Å². The summed E-state index contributed by atoms with van der Waals surface area (Å²) in [6.45, 7) is 0. The number of carbonyl (C=O) groups excluding carboxylic acids is 2. The van der Waals surface area contributed by atoms with Crippen LogP contribution in [-0.2, 0) is 32.9 Å². The first kappa shape index (κ1) is 41.2. The van der Waals surface area contributed by atoms with Gasteiger partial charge in [0.1, 0.15) is 0 Å². The van der Waals surface area contributed by atoms with Gasteiger partial charge in [-0.1, -0.05) is 97.1 Å². The molecule has 2 aromatic heterocycles. The molecule has 2 amide bonds. The van der Waals surface area contributed by atoms with Crippen LogP contribution >= 0.6 is 0 Å². The molecule has 298 valence electrons. The van der Waals surface area contributed by atoms with E-state index in [9.17, 15) is 31.5 Å². The molecule has 0 bridgehead atoms. The summed E-state index contributed by atoms with van der Waals surface area (Å²) in [5.74, 6) is -1.15. The predicted octanol–water partition coefficient (Wildman–Crippen LogP) is 5.60. The minimum atomic E-state index is -4.12. The van der Waals surface area contributed by atoms with Gasteiger partial charge in [0.15, 0.2) is 10.1 Å². The third-order valence-electron chi connectivity index (χ3n) is 9.21. The number of rotatable bonds is 18. The number of sulfonamides is 2. The molecule has 0 spiro atoms. The molecular weight excluding hydrogens is 777 g/mol. The van der Waals surface area contributed by atoms with Crippen molar-refractivity contribution in [3.8, 4) is 0 Å². The summed E-state index contributed by atoms with van der Waals surface area (Å²) in [6.07, 6.45) is 2.64. The Labute approximate surface area is 337 Å². The number of hydrogen-bond acceptors (Lipinski definition) is 9. The van der Waals surface area contributed by atoms with E-state index in [4.69, 9.17) is 0 Å². The number of amides is 2. The maximum absolute atomic E-state index is 13.9. The van der Waals surface area contributed by atoms with E-state index in [0.29, 0.717) is 6.42 Å². The lowest BCUT2D eigenvalue weighted by Crippen LogP contribution is -2.46. The quantitative estimate of drug-likeness (QED) is 0.0733. The molecule has 2 heterocycles. The van der Waals surface area contributed by atoms with Crippen molar-refractivity contribution in [2.24, 2.45) is 0 Å². The molecule has 0 radical (unpaired) electrons. The van der Waals surface area contributed by atoms with Crippen LogP contribution in [0.3, 0.4) is 0 Å². The molecule has 0 aliphatic rings. The van der Waals surface area contributed by atoms with Crippen molar-refractivity contribution in [2.75, 3.05) is 9.44 Å². The van der Waals surface area contributed by atoms with Gasteiger partial charge in [-0.3, -0.25) is 19.0 Å². The number of anilines is 2. The molecule has 0 aliphatic carbocycles. The van der Waals surface area contributed by atoms with Crippen LogP contribution in [0.5, 0.6) is 0 Å². The van der Waals surface area contributed by atoms with Crippen LogP contribution in [0.25, 0.3) is 0 Å². The van der Waals surface area contributed by atoms with Gasteiger partial charge < -0.3 is 15.7 Å². The van der Waals surface area contributed by atoms with Gasteiger partial charge in [0, 0.05) is 18.4 Å². The van der Waals surface area contributed by atoms with Crippen LogP contribution in [0.1, 0.15) is 44.7 Å². The number of nitrogens with one attached hydrogen (secondary N) is 4. The fraction of sp³-hybridized carbons (Fsp3) is 0.163. The number of aliphatic hydroxyl groups is 1. The van der Waals surface area contributed by atoms with Gasteiger partial charge in [-0.05, 0) is 85.3 Å². The lowest BCUT2D eigenvalue weighted by atomic mass is 9.94. The number of benzene rings is 4. The number of para-hydroxylation sites is 2. The van der Waals surface area contributed by atoms with E-state index in [-0.39, 0.29) is 51.8 Å². The van der Waals surface area contributed by atoms with Crippen LogP contribution in [0, 0.1) is 0 Å². The first-order chi connectivity index (χ1) is 28.0. The number of carbonyl (C=O) groups is 2. The number of nitrogens with zero attached hydrogens (tertiary/aromatic N) is 2. The lowest BCUT2D eigenvalue weighted by Gasteiger charge is -2.27. The highest BCUT2D eigenvalue weighted by atomic mass is 32.2. The second kappa shape index (κ2) is 19.1. The topological polar surface area (TPSA) is 197 Å². The zero-order valence-corrected chi connectivity index (χ0v) is 32.8. The molecule has 4 aromatic carbocycles. The van der Waals surface area contributed by atoms with Gasteiger partial charge in [-0.2, -0.15) is 16.8 Å². The minimum absolute atomic E-state index is 0.0341. The zero-order chi connectivity index (χ0) is 41.0. The molecule has 0 saturated heterocycles. The normalized spacial score (nSPS) is 13.1. The number of hydrogen-bond donors (Lipinski definition) is 5. The molecule has 6 rings (SSSR count). The molecule has 0 fully saturated rings. The highest BCUT2D eigenvalue weighted by molar-refractivity contribution is 7.93. The first-order valence-corrected chi connectivity index (χ1v) is 21.4. The van der Waals surface area contributed by atoms with Gasteiger partial charge in [0.05, 0.1) is 34.6 Å². The maximum atomic E-state index is 13.9. The van der Waals surface area contributed by atoms with E-state index >= 15 is 0 Å². The highest BCUT2D eigenvalue weighted by Crippen LogP contribution is 2.23. The Morgan fingerprint density at radius 3 is 1.43 bits per heavy atom. The molecule has 13 nitrogen and oxygen atoms in total. The monoisotopic (exact) mass is 818 g/mol. The highest BCUT2D eigenvalue weighted by Gasteiger charge is 2.27. The van der Waals surface area contributed by atoms with Gasteiger partial charge >= 0.3 is 0 Å². The average Bonchev–Trinajstić information content (AvgIpc) is 3.24. The van der Waals surface area contributed by atoms with E-state index in [1.165, 1.54) is 48.8 Å². The van der Waals surface area contributed by atoms with E-state index in [1.807, 2.05) is 60.7 Å². The number of aliphatic hydroxyl groups excluding tert-OH is 1. The van der Waals surface area contributed by atoms with Crippen LogP contribution in [0.15, 0.2) is 168 Å². The summed E-state index contributed by atoms with van der Waals surface area (Å²) in [5.41, 5.74) is 2.00. The summed E-state index contributed by atoms with van der Waals surface area (Å²) < 4.78 is 57.4. The molecule has 0 aliphatic heterocycles. The number of aromatic nitrogens is 2. The van der Waals surface area contributed by atoms with Crippen LogP contribution in [-0.4, -0.2) is 61.9 Å². The maximum Gasteiger partial charge on any atom is 0.279 e. The fourth-order valence-corrected chi connectivity index (χ4v) is 8.36. The van der Waals surface area contributed by atoms with Crippen molar-refractivity contribution in [3.63, 3.8) is 0 Å². The van der Waals surface area contributed by atoms with Gasteiger partial charge in [0.2, 0.25) is 0 Å². The second-order valence-corrected chi connectivity index (χ2v) is 16.7. The molecule has 5 N–H and O–H groups in total. The van der Waals surface area contributed by atoms with Gasteiger partial charge in [-0.25, -0.2) is 9.97 Å². The van der Waals surface area contributed by atoms with Crippen LogP contribution in [0.2, 0.25) is 0 Å². The standard InChI is InChI=1S/C43H42N6O7S2/c50-39(38(30-32-17-5-2-6-18-32)47-43(52)35-20-8-10-22-37(35)49-58(55,56)41-24-12-14-28-45-41)26-25-33(29-31-15-3-1-4-16-31)46-42(51)34-19-7-9-21-36(34)48-57(53,54)40-23-11-13-27-44-40/h1-24,27-28,33,38-39,48-50H,25-26,29-30H2,(H,46,51)(H,47,52)/t33-,38+,39+/m1/s1. The molecule has 3 atom stereocenters. The summed E-state index contributed by atoms with van der Waals surface area (Å²) in [7, 11) is -8.23. The number of pyridine rings is 2. The van der Waals surface area contributed by atoms with Crippen molar-refractivity contribution in [1.82, 2.24) is 20.6 Å².